The van der Waals surface area contributed by atoms with Crippen LogP contribution in [-0.2, 0) is 9.84 Å². The summed E-state index contributed by atoms with van der Waals surface area (Å²) in [5.41, 5.74) is 1.29. The SMILES string of the molecule is CC(=O)c1ccc(N2CCS(=O)(=O)CC2)cn1. The molecule has 1 saturated heterocycles. The third kappa shape index (κ3) is 2.82. The molecule has 0 aliphatic carbocycles. The number of Topliss-reactive ketones (excluding diaryl/α,β-unsaturated/α-hetero) is 1. The maximum absolute atomic E-state index is 11.3. The van der Waals surface area contributed by atoms with Crippen LogP contribution >= 0.6 is 0 Å². The van der Waals surface area contributed by atoms with Gasteiger partial charge in [0.05, 0.1) is 23.4 Å². The smallest absolute Gasteiger partial charge is 0.178 e. The molecule has 1 fully saturated rings. The maximum Gasteiger partial charge on any atom is 0.178 e. The molecule has 0 amide bonds. The third-order valence-electron chi connectivity index (χ3n) is 2.82. The average molecular weight is 254 g/mol. The van der Waals surface area contributed by atoms with E-state index < -0.39 is 9.84 Å². The van der Waals surface area contributed by atoms with Crippen LogP contribution in [-0.4, -0.2) is 43.8 Å². The molecule has 0 aromatic carbocycles. The largest absolute Gasteiger partial charge is 0.368 e. The van der Waals surface area contributed by atoms with Gasteiger partial charge in [0.2, 0.25) is 0 Å². The van der Waals surface area contributed by atoms with Gasteiger partial charge in [0.1, 0.15) is 5.69 Å². The molecule has 17 heavy (non-hydrogen) atoms. The second kappa shape index (κ2) is 4.44. The number of hydrogen-bond donors (Lipinski definition) is 0. The minimum Gasteiger partial charge on any atom is -0.368 e. The van der Waals surface area contributed by atoms with E-state index in [-0.39, 0.29) is 17.3 Å². The molecule has 0 spiro atoms. The van der Waals surface area contributed by atoms with Crippen molar-refractivity contribution in [2.24, 2.45) is 0 Å². The van der Waals surface area contributed by atoms with Crippen LogP contribution in [0.15, 0.2) is 18.3 Å². The van der Waals surface area contributed by atoms with E-state index in [4.69, 9.17) is 0 Å². The van der Waals surface area contributed by atoms with Crippen molar-refractivity contribution in [2.45, 2.75) is 6.92 Å². The average Bonchev–Trinajstić information content (AvgIpc) is 2.29. The molecule has 1 aromatic heterocycles. The van der Waals surface area contributed by atoms with E-state index in [1.165, 1.54) is 6.92 Å². The van der Waals surface area contributed by atoms with Crippen LogP contribution in [0.3, 0.4) is 0 Å². The lowest BCUT2D eigenvalue weighted by Gasteiger charge is -2.28. The first-order valence-electron chi connectivity index (χ1n) is 5.40. The molecular weight excluding hydrogens is 240 g/mol. The Hall–Kier alpha value is -1.43. The Labute approximate surface area is 100 Å². The molecular formula is C11H14N2O3S. The number of aromatic nitrogens is 1. The molecule has 92 valence electrons. The quantitative estimate of drug-likeness (QED) is 0.720. The molecule has 0 saturated carbocycles. The predicted octanol–water partition coefficient (Wildman–Crippen LogP) is 0.519. The van der Waals surface area contributed by atoms with Crippen LogP contribution in [0.1, 0.15) is 17.4 Å². The van der Waals surface area contributed by atoms with E-state index in [0.29, 0.717) is 18.8 Å². The molecule has 1 aromatic rings. The van der Waals surface area contributed by atoms with Crippen molar-refractivity contribution in [2.75, 3.05) is 29.5 Å². The van der Waals surface area contributed by atoms with Crippen molar-refractivity contribution in [1.29, 1.82) is 0 Å². The highest BCUT2D eigenvalue weighted by Crippen LogP contribution is 2.16. The molecule has 0 atom stereocenters. The first kappa shape index (κ1) is 12.0. The lowest BCUT2D eigenvalue weighted by Crippen LogP contribution is -2.40. The summed E-state index contributed by atoms with van der Waals surface area (Å²) in [7, 11) is -2.86. The van der Waals surface area contributed by atoms with Gasteiger partial charge in [-0.05, 0) is 12.1 Å². The number of nitrogens with zero attached hydrogens (tertiary/aromatic N) is 2. The number of anilines is 1. The summed E-state index contributed by atoms with van der Waals surface area (Å²) in [5, 5.41) is 0. The predicted molar refractivity (Wildman–Crippen MR) is 65.1 cm³/mol. The van der Waals surface area contributed by atoms with Gasteiger partial charge in [-0.1, -0.05) is 0 Å². The summed E-state index contributed by atoms with van der Waals surface area (Å²) in [4.78, 5) is 17.1. The number of carbonyl (C=O) groups excluding carboxylic acids is 1. The summed E-state index contributed by atoms with van der Waals surface area (Å²) >= 11 is 0. The topological polar surface area (TPSA) is 67.3 Å². The van der Waals surface area contributed by atoms with Crippen molar-refractivity contribution in [1.82, 2.24) is 4.98 Å². The third-order valence-corrected chi connectivity index (χ3v) is 4.43. The molecule has 0 N–H and O–H groups in total. The fourth-order valence-corrected chi connectivity index (χ4v) is 2.95. The summed E-state index contributed by atoms with van der Waals surface area (Å²) in [5.74, 6) is 0.293. The van der Waals surface area contributed by atoms with E-state index in [1.807, 2.05) is 11.0 Å². The zero-order valence-corrected chi connectivity index (χ0v) is 10.4. The van der Waals surface area contributed by atoms with Gasteiger partial charge < -0.3 is 4.90 Å². The summed E-state index contributed by atoms with van der Waals surface area (Å²) in [6.45, 7) is 2.45. The van der Waals surface area contributed by atoms with Crippen LogP contribution in [0.4, 0.5) is 5.69 Å². The number of pyridine rings is 1. The fourth-order valence-electron chi connectivity index (χ4n) is 1.75. The normalized spacial score (nSPS) is 19.0. The first-order chi connectivity index (χ1) is 7.98. The zero-order valence-electron chi connectivity index (χ0n) is 9.59. The molecule has 0 radical (unpaired) electrons. The van der Waals surface area contributed by atoms with E-state index in [9.17, 15) is 13.2 Å². The van der Waals surface area contributed by atoms with Crippen LogP contribution in [0.25, 0.3) is 0 Å². The van der Waals surface area contributed by atoms with Gasteiger partial charge >= 0.3 is 0 Å². The molecule has 5 nitrogen and oxygen atoms in total. The highest BCUT2D eigenvalue weighted by molar-refractivity contribution is 7.91. The van der Waals surface area contributed by atoms with E-state index in [2.05, 4.69) is 4.98 Å². The Bertz CT molecular complexity index is 508. The molecule has 6 heteroatoms. The Morgan fingerprint density at radius 3 is 2.41 bits per heavy atom. The maximum atomic E-state index is 11.3. The van der Waals surface area contributed by atoms with Gasteiger partial charge in [0, 0.05) is 20.0 Å². The second-order valence-electron chi connectivity index (χ2n) is 4.10. The van der Waals surface area contributed by atoms with Gasteiger partial charge in [0.25, 0.3) is 0 Å². The second-order valence-corrected chi connectivity index (χ2v) is 6.40. The van der Waals surface area contributed by atoms with Gasteiger partial charge in [-0.15, -0.1) is 0 Å². The van der Waals surface area contributed by atoms with Gasteiger partial charge in [-0.25, -0.2) is 8.42 Å². The Kier molecular flexibility index (Phi) is 3.15. The number of carbonyl (C=O) groups is 1. The summed E-state index contributed by atoms with van der Waals surface area (Å²) < 4.78 is 22.6. The van der Waals surface area contributed by atoms with Crippen molar-refractivity contribution < 1.29 is 13.2 Å². The number of rotatable bonds is 2. The minimum atomic E-state index is -2.86. The summed E-state index contributed by atoms with van der Waals surface area (Å²) in [6, 6.07) is 3.47. The lowest BCUT2D eigenvalue weighted by atomic mass is 10.2. The monoisotopic (exact) mass is 254 g/mol. The molecule has 0 unspecified atom stereocenters. The van der Waals surface area contributed by atoms with Crippen LogP contribution in [0.5, 0.6) is 0 Å². The van der Waals surface area contributed by atoms with E-state index in [1.54, 1.807) is 12.3 Å². The highest BCUT2D eigenvalue weighted by Gasteiger charge is 2.21. The van der Waals surface area contributed by atoms with E-state index >= 15 is 0 Å². The highest BCUT2D eigenvalue weighted by atomic mass is 32.2. The molecule has 2 heterocycles. The lowest BCUT2D eigenvalue weighted by molar-refractivity contribution is 0.101. The van der Waals surface area contributed by atoms with Crippen molar-refractivity contribution in [3.05, 3.63) is 24.0 Å². The van der Waals surface area contributed by atoms with Crippen LogP contribution in [0, 0.1) is 0 Å². The van der Waals surface area contributed by atoms with Crippen LogP contribution < -0.4 is 4.90 Å². The Balaban J connectivity index is 2.11. The number of ketones is 1. The molecule has 2 rings (SSSR count). The van der Waals surface area contributed by atoms with E-state index in [0.717, 1.165) is 5.69 Å². The Morgan fingerprint density at radius 2 is 1.94 bits per heavy atom. The van der Waals surface area contributed by atoms with Crippen molar-refractivity contribution in [3.8, 4) is 0 Å². The first-order valence-corrected chi connectivity index (χ1v) is 7.22. The fraction of sp³-hybridized carbons (Fsp3) is 0.455. The van der Waals surface area contributed by atoms with Gasteiger partial charge in [-0.3, -0.25) is 9.78 Å². The standard InChI is InChI=1S/C11H14N2O3S/c1-9(14)11-3-2-10(8-12-11)13-4-6-17(15,16)7-5-13/h2-3,8H,4-7H2,1H3. The zero-order chi connectivity index (χ0) is 12.5. The van der Waals surface area contributed by atoms with Crippen molar-refractivity contribution >= 4 is 21.3 Å². The van der Waals surface area contributed by atoms with Crippen LogP contribution in [0.2, 0.25) is 0 Å². The molecule has 1 aliphatic rings. The number of hydrogen-bond acceptors (Lipinski definition) is 5. The van der Waals surface area contributed by atoms with Crippen molar-refractivity contribution in [3.63, 3.8) is 0 Å². The van der Waals surface area contributed by atoms with Gasteiger partial charge in [-0.2, -0.15) is 0 Å². The van der Waals surface area contributed by atoms with Gasteiger partial charge in [0.15, 0.2) is 15.6 Å². The molecule has 0 bridgehead atoms. The number of sulfone groups is 1. The Morgan fingerprint density at radius 1 is 1.29 bits per heavy atom. The summed E-state index contributed by atoms with van der Waals surface area (Å²) in [6.07, 6.45) is 1.62. The molecule has 1 aliphatic heterocycles. The minimum absolute atomic E-state index is 0.0715.